The molecule has 3 atom stereocenters. The van der Waals surface area contributed by atoms with E-state index in [1.54, 1.807) is 0 Å². The number of carbonyl (C=O) groups is 1. The molecule has 0 aromatic heterocycles. The number of carbonyl (C=O) groups excluding carboxylic acids is 1. The van der Waals surface area contributed by atoms with Crippen molar-refractivity contribution in [1.82, 2.24) is 0 Å². The summed E-state index contributed by atoms with van der Waals surface area (Å²) < 4.78 is 0.739. The summed E-state index contributed by atoms with van der Waals surface area (Å²) in [6.45, 7) is 2.18. The van der Waals surface area contributed by atoms with Crippen LogP contribution in [0.25, 0.3) is 0 Å². The van der Waals surface area contributed by atoms with Gasteiger partial charge in [0.05, 0.1) is 21.1 Å². The maximum absolute atomic E-state index is 11.8. The third kappa shape index (κ3) is 2.31. The number of hydrogen-bond donors (Lipinski definition) is 2. The van der Waals surface area contributed by atoms with E-state index in [0.29, 0.717) is 5.56 Å². The first-order valence-corrected chi connectivity index (χ1v) is 8.56. The predicted molar refractivity (Wildman–Crippen MR) is 91.3 cm³/mol. The van der Waals surface area contributed by atoms with Crippen molar-refractivity contribution >= 4 is 5.91 Å². The van der Waals surface area contributed by atoms with Crippen LogP contribution in [0.5, 0.6) is 0 Å². The number of quaternary nitrogens is 1. The fourth-order valence-electron chi connectivity index (χ4n) is 4.98. The van der Waals surface area contributed by atoms with Crippen LogP contribution in [-0.4, -0.2) is 48.3 Å². The molecule has 0 aliphatic heterocycles. The fourth-order valence-corrected chi connectivity index (χ4v) is 4.98. The Morgan fingerprint density at radius 1 is 1.26 bits per heavy atom. The number of benzene rings is 1. The molecule has 1 fully saturated rings. The minimum absolute atomic E-state index is 0.153. The van der Waals surface area contributed by atoms with Crippen LogP contribution in [0.3, 0.4) is 0 Å². The monoisotopic (exact) mass is 317 g/mol. The van der Waals surface area contributed by atoms with Gasteiger partial charge in [-0.15, -0.1) is 0 Å². The molecular formula is C19H29N2O2+. The molecule has 1 aromatic carbocycles. The fraction of sp³-hybridized carbons (Fsp3) is 0.632. The minimum Gasteiger partial charge on any atom is -0.383 e. The van der Waals surface area contributed by atoms with Crippen molar-refractivity contribution in [1.29, 1.82) is 0 Å². The first-order valence-electron chi connectivity index (χ1n) is 8.56. The lowest BCUT2D eigenvalue weighted by molar-refractivity contribution is -0.905. The minimum atomic E-state index is -0.743. The molecule has 1 amide bonds. The van der Waals surface area contributed by atoms with Crippen LogP contribution in [-0.2, 0) is 11.8 Å². The Morgan fingerprint density at radius 3 is 2.52 bits per heavy atom. The second-order valence-corrected chi connectivity index (χ2v) is 8.54. The quantitative estimate of drug-likeness (QED) is 0.819. The number of primary amides is 1. The van der Waals surface area contributed by atoms with Crippen molar-refractivity contribution in [2.75, 3.05) is 21.1 Å². The van der Waals surface area contributed by atoms with Gasteiger partial charge in [0.25, 0.3) is 0 Å². The number of nitrogens with zero attached hydrogens (tertiary/aromatic N) is 1. The lowest BCUT2D eigenvalue weighted by Gasteiger charge is -2.58. The number of nitrogens with two attached hydrogens (primary N) is 1. The van der Waals surface area contributed by atoms with Crippen molar-refractivity contribution < 1.29 is 14.4 Å². The molecule has 1 aromatic rings. The summed E-state index contributed by atoms with van der Waals surface area (Å²) in [5.41, 5.74) is 7.34. The lowest BCUT2D eigenvalue weighted by Crippen LogP contribution is -2.70. The number of aliphatic hydroxyl groups is 1. The first-order chi connectivity index (χ1) is 10.6. The Morgan fingerprint density at radius 2 is 1.91 bits per heavy atom. The molecule has 0 spiro atoms. The Bertz CT molecular complexity index is 649. The summed E-state index contributed by atoms with van der Waals surface area (Å²) in [5.74, 6) is -0.399. The molecule has 3 rings (SSSR count). The molecule has 3 N–H and O–H groups in total. The van der Waals surface area contributed by atoms with Gasteiger partial charge in [-0.2, -0.15) is 0 Å². The SMILES string of the molecule is CC12CCCC[C@@]1(O)[C@H]([N+](C)(C)C)Cc1ccc(C(N)=O)cc12. The molecule has 0 radical (unpaired) electrons. The zero-order valence-corrected chi connectivity index (χ0v) is 14.7. The van der Waals surface area contributed by atoms with Gasteiger partial charge in [-0.25, -0.2) is 0 Å². The van der Waals surface area contributed by atoms with Crippen LogP contribution in [0.1, 0.15) is 54.1 Å². The van der Waals surface area contributed by atoms with E-state index in [1.807, 2.05) is 18.2 Å². The van der Waals surface area contributed by atoms with Gasteiger partial charge >= 0.3 is 0 Å². The van der Waals surface area contributed by atoms with E-state index >= 15 is 0 Å². The highest BCUT2D eigenvalue weighted by atomic mass is 16.3. The predicted octanol–water partition coefficient (Wildman–Crippen LogP) is 1.98. The molecule has 0 heterocycles. The van der Waals surface area contributed by atoms with Crippen molar-refractivity contribution in [3.8, 4) is 0 Å². The van der Waals surface area contributed by atoms with Gasteiger partial charge < -0.3 is 15.3 Å². The van der Waals surface area contributed by atoms with Crippen LogP contribution >= 0.6 is 0 Å². The van der Waals surface area contributed by atoms with Crippen LogP contribution in [0.4, 0.5) is 0 Å². The standard InChI is InChI=1S/C19H28N2O2/c1-18-9-5-6-10-19(18,23)16(21(2,3)4)12-13-7-8-14(17(20)22)11-15(13)18/h7-8,11,16,23H,5-6,9-10,12H2,1-4H3,(H-,20,22)/p+1/t16-,18?,19-/m1/s1. The summed E-state index contributed by atoms with van der Waals surface area (Å²) in [6, 6.07) is 5.95. The Hall–Kier alpha value is -1.39. The largest absolute Gasteiger partial charge is 0.383 e. The summed E-state index contributed by atoms with van der Waals surface area (Å²) in [5, 5.41) is 11.8. The summed E-state index contributed by atoms with van der Waals surface area (Å²) in [4.78, 5) is 11.6. The van der Waals surface area contributed by atoms with Gasteiger partial charge in [0.2, 0.25) is 5.91 Å². The van der Waals surface area contributed by atoms with Crippen molar-refractivity contribution in [3.05, 3.63) is 34.9 Å². The zero-order valence-electron chi connectivity index (χ0n) is 14.7. The summed E-state index contributed by atoms with van der Waals surface area (Å²) >= 11 is 0. The second-order valence-electron chi connectivity index (χ2n) is 8.54. The van der Waals surface area contributed by atoms with Gasteiger partial charge in [-0.1, -0.05) is 25.8 Å². The molecule has 23 heavy (non-hydrogen) atoms. The van der Waals surface area contributed by atoms with Crippen LogP contribution in [0.15, 0.2) is 18.2 Å². The van der Waals surface area contributed by atoms with Crippen molar-refractivity contribution in [2.45, 2.75) is 56.1 Å². The molecule has 2 aliphatic carbocycles. The Kier molecular flexibility index (Phi) is 3.62. The van der Waals surface area contributed by atoms with E-state index in [0.717, 1.165) is 42.2 Å². The highest BCUT2D eigenvalue weighted by Gasteiger charge is 2.61. The third-order valence-corrected chi connectivity index (χ3v) is 6.33. The number of amides is 1. The molecule has 1 unspecified atom stereocenters. The lowest BCUT2D eigenvalue weighted by atomic mass is 9.53. The average molecular weight is 317 g/mol. The number of rotatable bonds is 2. The maximum atomic E-state index is 11.8. The Balaban J connectivity index is 2.22. The highest BCUT2D eigenvalue weighted by Crippen LogP contribution is 2.54. The van der Waals surface area contributed by atoms with Gasteiger partial charge in [0, 0.05) is 17.4 Å². The van der Waals surface area contributed by atoms with Crippen LogP contribution in [0.2, 0.25) is 0 Å². The van der Waals surface area contributed by atoms with E-state index in [2.05, 4.69) is 28.1 Å². The molecule has 126 valence electrons. The number of fused-ring (bicyclic) bond motifs is 3. The summed E-state index contributed by atoms with van der Waals surface area (Å²) in [7, 11) is 6.50. The number of hydrogen-bond acceptors (Lipinski definition) is 2. The van der Waals surface area contributed by atoms with Crippen LogP contribution in [0, 0.1) is 0 Å². The summed E-state index contributed by atoms with van der Waals surface area (Å²) in [6.07, 6.45) is 4.79. The van der Waals surface area contributed by atoms with E-state index in [1.165, 1.54) is 5.56 Å². The van der Waals surface area contributed by atoms with Crippen LogP contribution < -0.4 is 5.73 Å². The van der Waals surface area contributed by atoms with E-state index < -0.39 is 11.5 Å². The third-order valence-electron chi connectivity index (χ3n) is 6.33. The van der Waals surface area contributed by atoms with Gasteiger partial charge in [0.15, 0.2) is 0 Å². The zero-order chi connectivity index (χ0) is 17.0. The van der Waals surface area contributed by atoms with Crippen molar-refractivity contribution in [3.63, 3.8) is 0 Å². The van der Waals surface area contributed by atoms with Gasteiger partial charge in [0.1, 0.15) is 11.6 Å². The smallest absolute Gasteiger partial charge is 0.248 e. The molecule has 4 heteroatoms. The molecule has 4 nitrogen and oxygen atoms in total. The molecule has 0 bridgehead atoms. The number of likely N-dealkylation sites (N-methyl/N-ethyl adjacent to an activating group) is 1. The maximum Gasteiger partial charge on any atom is 0.248 e. The molecule has 0 saturated heterocycles. The van der Waals surface area contributed by atoms with E-state index in [-0.39, 0.29) is 11.5 Å². The van der Waals surface area contributed by atoms with E-state index in [9.17, 15) is 9.90 Å². The van der Waals surface area contributed by atoms with Gasteiger partial charge in [-0.3, -0.25) is 4.79 Å². The second kappa shape index (κ2) is 5.05. The molecular weight excluding hydrogens is 288 g/mol. The van der Waals surface area contributed by atoms with Gasteiger partial charge in [-0.05, 0) is 36.1 Å². The van der Waals surface area contributed by atoms with Crippen molar-refractivity contribution in [2.24, 2.45) is 5.73 Å². The highest BCUT2D eigenvalue weighted by molar-refractivity contribution is 5.93. The van der Waals surface area contributed by atoms with E-state index in [4.69, 9.17) is 5.73 Å². The Labute approximate surface area is 138 Å². The first kappa shape index (κ1) is 16.5. The normalized spacial score (nSPS) is 33.7. The molecule has 2 aliphatic rings. The average Bonchev–Trinajstić information content (AvgIpc) is 2.46. The molecule has 1 saturated carbocycles. The topological polar surface area (TPSA) is 63.3 Å².